The zero-order valence-electron chi connectivity index (χ0n) is 11.6. The quantitative estimate of drug-likeness (QED) is 0.900. The van der Waals surface area contributed by atoms with Gasteiger partial charge in [0.2, 0.25) is 0 Å². The van der Waals surface area contributed by atoms with E-state index in [2.05, 4.69) is 15.1 Å². The Hall–Kier alpha value is -1.16. The van der Waals surface area contributed by atoms with Gasteiger partial charge < -0.3 is 4.90 Å². The molecule has 0 bridgehead atoms. The topological polar surface area (TPSA) is 49.0 Å². The summed E-state index contributed by atoms with van der Waals surface area (Å²) in [6.07, 6.45) is 9.35. The zero-order valence-corrected chi connectivity index (χ0v) is 11.6. The molecule has 1 saturated heterocycles. The number of likely N-dealkylation sites (tertiary alicyclic amines) is 1. The second-order valence-corrected chi connectivity index (χ2v) is 5.82. The molecule has 104 valence electrons. The van der Waals surface area contributed by atoms with Gasteiger partial charge in [-0.1, -0.05) is 6.42 Å². The van der Waals surface area contributed by atoms with Crippen LogP contribution in [-0.2, 0) is 19.3 Å². The van der Waals surface area contributed by atoms with Gasteiger partial charge in [-0.3, -0.25) is 4.79 Å². The molecule has 3 rings (SSSR count). The minimum absolute atomic E-state index is 0.0384. The molecule has 0 radical (unpaired) electrons. The van der Waals surface area contributed by atoms with E-state index < -0.39 is 0 Å². The lowest BCUT2D eigenvalue weighted by Gasteiger charge is -2.26. The van der Waals surface area contributed by atoms with Crippen molar-refractivity contribution in [3.63, 3.8) is 0 Å². The molecule has 0 amide bonds. The number of rotatable bonds is 3. The molecular formula is C15H23N3O. The Balaban J connectivity index is 1.72. The number of hydrogen-bond donors (Lipinski definition) is 1. The molecule has 1 fully saturated rings. The van der Waals surface area contributed by atoms with Crippen LogP contribution in [-0.4, -0.2) is 34.7 Å². The van der Waals surface area contributed by atoms with Gasteiger partial charge in [0.25, 0.3) is 5.56 Å². The molecule has 0 aromatic carbocycles. The maximum absolute atomic E-state index is 11.8. The average Bonchev–Trinajstić information content (AvgIpc) is 2.48. The van der Waals surface area contributed by atoms with Crippen LogP contribution in [0.5, 0.6) is 0 Å². The summed E-state index contributed by atoms with van der Waals surface area (Å²) in [6, 6.07) is 0. The molecule has 1 aromatic rings. The summed E-state index contributed by atoms with van der Waals surface area (Å²) < 4.78 is 0. The minimum atomic E-state index is 0.0384. The molecule has 4 heteroatoms. The Morgan fingerprint density at radius 2 is 1.74 bits per heavy atom. The highest BCUT2D eigenvalue weighted by molar-refractivity contribution is 5.30. The van der Waals surface area contributed by atoms with Crippen molar-refractivity contribution in [2.24, 2.45) is 0 Å². The normalized spacial score (nSPS) is 20.2. The van der Waals surface area contributed by atoms with E-state index in [-0.39, 0.29) is 5.56 Å². The van der Waals surface area contributed by atoms with E-state index in [1.807, 2.05) is 0 Å². The highest BCUT2D eigenvalue weighted by Crippen LogP contribution is 2.20. The standard InChI is InChI=1S/C15H23N3O/c19-15-13-7-3-2-6-12(13)14(16-17-15)8-11-18-9-4-1-5-10-18/h1-11H2,(H,17,19). The summed E-state index contributed by atoms with van der Waals surface area (Å²) in [5, 5.41) is 7.00. The summed E-state index contributed by atoms with van der Waals surface area (Å²) >= 11 is 0. The Morgan fingerprint density at radius 1 is 1.00 bits per heavy atom. The van der Waals surface area contributed by atoms with Crippen LogP contribution in [0.2, 0.25) is 0 Å². The molecule has 0 unspecified atom stereocenters. The van der Waals surface area contributed by atoms with E-state index in [4.69, 9.17) is 0 Å². The number of nitrogens with one attached hydrogen (secondary N) is 1. The monoisotopic (exact) mass is 261 g/mol. The van der Waals surface area contributed by atoms with Crippen LogP contribution in [0.3, 0.4) is 0 Å². The van der Waals surface area contributed by atoms with Crippen molar-refractivity contribution in [2.45, 2.75) is 51.4 Å². The van der Waals surface area contributed by atoms with Crippen LogP contribution < -0.4 is 5.56 Å². The first-order chi connectivity index (χ1) is 9.34. The number of nitrogens with zero attached hydrogens (tertiary/aromatic N) is 2. The summed E-state index contributed by atoms with van der Waals surface area (Å²) in [5.41, 5.74) is 3.44. The van der Waals surface area contributed by atoms with Crippen molar-refractivity contribution in [2.75, 3.05) is 19.6 Å². The van der Waals surface area contributed by atoms with Crippen LogP contribution in [0.4, 0.5) is 0 Å². The Morgan fingerprint density at radius 3 is 2.53 bits per heavy atom. The fourth-order valence-corrected chi connectivity index (χ4v) is 3.38. The number of aromatic amines is 1. The number of piperidine rings is 1. The smallest absolute Gasteiger partial charge is 0.267 e. The van der Waals surface area contributed by atoms with Crippen LogP contribution >= 0.6 is 0 Å². The third-order valence-corrected chi connectivity index (χ3v) is 4.50. The van der Waals surface area contributed by atoms with Gasteiger partial charge in [-0.05, 0) is 57.2 Å². The van der Waals surface area contributed by atoms with Gasteiger partial charge >= 0.3 is 0 Å². The molecule has 19 heavy (non-hydrogen) atoms. The lowest BCUT2D eigenvalue weighted by molar-refractivity contribution is 0.230. The highest BCUT2D eigenvalue weighted by atomic mass is 16.1. The van der Waals surface area contributed by atoms with Gasteiger partial charge in [0.1, 0.15) is 0 Å². The predicted molar refractivity (Wildman–Crippen MR) is 75.5 cm³/mol. The first-order valence-electron chi connectivity index (χ1n) is 7.66. The van der Waals surface area contributed by atoms with E-state index in [0.29, 0.717) is 0 Å². The Bertz CT molecular complexity index is 489. The molecule has 1 aliphatic carbocycles. The van der Waals surface area contributed by atoms with Gasteiger partial charge in [0.15, 0.2) is 0 Å². The summed E-state index contributed by atoms with van der Waals surface area (Å²) in [5.74, 6) is 0. The van der Waals surface area contributed by atoms with Crippen molar-refractivity contribution in [1.82, 2.24) is 15.1 Å². The second kappa shape index (κ2) is 5.87. The van der Waals surface area contributed by atoms with E-state index in [1.165, 1.54) is 44.3 Å². The van der Waals surface area contributed by atoms with Crippen molar-refractivity contribution < 1.29 is 0 Å². The molecule has 1 aromatic heterocycles. The minimum Gasteiger partial charge on any atom is -0.303 e. The molecule has 1 aliphatic heterocycles. The van der Waals surface area contributed by atoms with Crippen LogP contribution in [0, 0.1) is 0 Å². The van der Waals surface area contributed by atoms with Crippen LogP contribution in [0.15, 0.2) is 4.79 Å². The van der Waals surface area contributed by atoms with E-state index in [0.717, 1.165) is 43.5 Å². The van der Waals surface area contributed by atoms with Crippen molar-refractivity contribution in [1.29, 1.82) is 0 Å². The lowest BCUT2D eigenvalue weighted by atomic mass is 9.91. The predicted octanol–water partition coefficient (Wildman–Crippen LogP) is 1.68. The maximum atomic E-state index is 11.8. The number of fused-ring (bicyclic) bond motifs is 1. The molecular weight excluding hydrogens is 238 g/mol. The first kappa shape index (κ1) is 12.9. The summed E-state index contributed by atoms with van der Waals surface area (Å²) in [6.45, 7) is 3.54. The van der Waals surface area contributed by atoms with Gasteiger partial charge in [0.05, 0.1) is 5.69 Å². The molecule has 4 nitrogen and oxygen atoms in total. The largest absolute Gasteiger partial charge is 0.303 e. The summed E-state index contributed by atoms with van der Waals surface area (Å²) in [4.78, 5) is 14.3. The molecule has 1 N–H and O–H groups in total. The Labute approximate surface area is 114 Å². The third-order valence-electron chi connectivity index (χ3n) is 4.50. The molecule has 0 atom stereocenters. The fraction of sp³-hybridized carbons (Fsp3) is 0.733. The maximum Gasteiger partial charge on any atom is 0.267 e. The van der Waals surface area contributed by atoms with Crippen molar-refractivity contribution in [3.05, 3.63) is 27.2 Å². The van der Waals surface area contributed by atoms with Crippen LogP contribution in [0.25, 0.3) is 0 Å². The van der Waals surface area contributed by atoms with Gasteiger partial charge in [-0.2, -0.15) is 5.10 Å². The molecule has 0 saturated carbocycles. The van der Waals surface area contributed by atoms with Crippen molar-refractivity contribution >= 4 is 0 Å². The van der Waals surface area contributed by atoms with Crippen molar-refractivity contribution in [3.8, 4) is 0 Å². The fourth-order valence-electron chi connectivity index (χ4n) is 3.38. The Kier molecular flexibility index (Phi) is 3.97. The lowest BCUT2D eigenvalue weighted by Crippen LogP contribution is -2.32. The van der Waals surface area contributed by atoms with E-state index in [1.54, 1.807) is 0 Å². The molecule has 2 heterocycles. The second-order valence-electron chi connectivity index (χ2n) is 5.82. The number of H-pyrrole nitrogens is 1. The van der Waals surface area contributed by atoms with E-state index >= 15 is 0 Å². The van der Waals surface area contributed by atoms with Gasteiger partial charge in [-0.15, -0.1) is 0 Å². The third kappa shape index (κ3) is 2.89. The average molecular weight is 261 g/mol. The van der Waals surface area contributed by atoms with Crippen LogP contribution in [0.1, 0.15) is 48.9 Å². The summed E-state index contributed by atoms with van der Waals surface area (Å²) in [7, 11) is 0. The first-order valence-corrected chi connectivity index (χ1v) is 7.66. The molecule has 2 aliphatic rings. The highest BCUT2D eigenvalue weighted by Gasteiger charge is 2.18. The number of aromatic nitrogens is 2. The number of hydrogen-bond acceptors (Lipinski definition) is 3. The van der Waals surface area contributed by atoms with Gasteiger partial charge in [-0.25, -0.2) is 5.10 Å². The van der Waals surface area contributed by atoms with E-state index in [9.17, 15) is 4.79 Å². The SMILES string of the molecule is O=c1[nH]nc(CCN2CCCCC2)c2c1CCCC2. The van der Waals surface area contributed by atoms with Gasteiger partial charge in [0, 0.05) is 18.5 Å². The molecule has 0 spiro atoms. The zero-order chi connectivity index (χ0) is 13.1.